The monoisotopic (exact) mass is 218 g/mol. The van der Waals surface area contributed by atoms with Gasteiger partial charge < -0.3 is 0 Å². The van der Waals surface area contributed by atoms with Gasteiger partial charge in [-0.1, -0.05) is 33.9 Å². The molecule has 0 aliphatic carbocycles. The van der Waals surface area contributed by atoms with Crippen molar-refractivity contribution in [2.24, 2.45) is 0 Å². The van der Waals surface area contributed by atoms with Crippen molar-refractivity contribution in [3.8, 4) is 0 Å². The van der Waals surface area contributed by atoms with E-state index in [1.165, 1.54) is 13.1 Å². The topological polar surface area (TPSA) is 0 Å². The first-order valence-electron chi connectivity index (χ1n) is 3.57. The highest BCUT2D eigenvalue weighted by atomic mass is 32.1. The Hall–Kier alpha value is 0.357. The Balaban J connectivity index is 0. The molecule has 0 nitrogen and oxygen atoms in total. The van der Waals surface area contributed by atoms with Crippen LogP contribution in [-0.4, -0.2) is 13.9 Å². The van der Waals surface area contributed by atoms with Crippen molar-refractivity contribution in [2.45, 2.75) is 44.7 Å². The van der Waals surface area contributed by atoms with E-state index in [0.29, 0.717) is 0 Å². The zero-order valence-electron chi connectivity index (χ0n) is 8.13. The van der Waals surface area contributed by atoms with Crippen LogP contribution in [0.2, 0.25) is 18.1 Å². The van der Waals surface area contributed by atoms with Crippen molar-refractivity contribution in [2.75, 3.05) is 0 Å². The third kappa shape index (κ3) is 2.69. The zero-order chi connectivity index (χ0) is 9.50. The lowest BCUT2D eigenvalue weighted by atomic mass is 10.2. The average Bonchev–Trinajstić information content (AvgIpc) is 1.58. The van der Waals surface area contributed by atoms with Gasteiger partial charge in [-0.25, -0.2) is 0 Å². The normalized spacial score (nSPS) is 14.0. The Morgan fingerprint density at radius 3 is 1.17 bits per heavy atom. The van der Waals surface area contributed by atoms with E-state index in [-0.39, 0.29) is 13.5 Å². The van der Waals surface area contributed by atoms with Crippen LogP contribution in [0.5, 0.6) is 0 Å². The van der Waals surface area contributed by atoms with Gasteiger partial charge in [0.15, 0.2) is 8.07 Å². The molecule has 0 unspecified atom stereocenters. The minimum Gasteiger partial charge on any atom is -0.197 e. The molecule has 0 rings (SSSR count). The molecule has 5 heteroatoms. The standard InChI is InChI=1S/C7H15F3Si.H2S/c1-6(2,3)11(4,5)7(8,9)10;/h1-5H3;1H2. The fourth-order valence-electron chi connectivity index (χ4n) is 0.425. The van der Waals surface area contributed by atoms with Crippen LogP contribution < -0.4 is 0 Å². The summed E-state index contributed by atoms with van der Waals surface area (Å²) in [6.45, 7) is 7.71. The summed E-state index contributed by atoms with van der Waals surface area (Å²) in [4.78, 5) is 0. The van der Waals surface area contributed by atoms with E-state index < -0.39 is 18.9 Å². The van der Waals surface area contributed by atoms with Crippen molar-refractivity contribution in [3.05, 3.63) is 0 Å². The van der Waals surface area contributed by atoms with E-state index in [9.17, 15) is 13.2 Å². The highest BCUT2D eigenvalue weighted by Gasteiger charge is 2.56. The lowest BCUT2D eigenvalue weighted by Gasteiger charge is -2.37. The summed E-state index contributed by atoms with van der Waals surface area (Å²) in [5, 5.41) is -0.606. The van der Waals surface area contributed by atoms with Crippen molar-refractivity contribution < 1.29 is 13.2 Å². The van der Waals surface area contributed by atoms with Crippen LogP contribution >= 0.6 is 13.5 Å². The molecule has 0 aromatic rings. The number of halogens is 3. The molecule has 0 aromatic heterocycles. The van der Waals surface area contributed by atoms with Crippen LogP contribution in [0.25, 0.3) is 0 Å². The van der Waals surface area contributed by atoms with Crippen molar-refractivity contribution in [3.63, 3.8) is 0 Å². The van der Waals surface area contributed by atoms with Crippen LogP contribution in [0.3, 0.4) is 0 Å². The summed E-state index contributed by atoms with van der Waals surface area (Å²) in [6, 6.07) is 0. The molecule has 0 aliphatic rings. The minimum atomic E-state index is -3.98. The van der Waals surface area contributed by atoms with E-state index in [0.717, 1.165) is 0 Å². The number of alkyl halides is 3. The third-order valence-electron chi connectivity index (χ3n) is 2.58. The highest BCUT2D eigenvalue weighted by Crippen LogP contribution is 2.45. The molecular weight excluding hydrogens is 201 g/mol. The Labute approximate surface area is 80.0 Å². The van der Waals surface area contributed by atoms with E-state index in [1.807, 2.05) is 0 Å². The summed E-state index contributed by atoms with van der Waals surface area (Å²) in [7, 11) is -3.11. The average molecular weight is 218 g/mol. The molecule has 0 spiro atoms. The number of rotatable bonds is 0. The number of hydrogen-bond donors (Lipinski definition) is 0. The second-order valence-electron chi connectivity index (χ2n) is 4.37. The number of hydrogen-bond acceptors (Lipinski definition) is 0. The molecule has 0 saturated carbocycles. The fraction of sp³-hybridized carbons (Fsp3) is 1.00. The molecule has 76 valence electrons. The largest absolute Gasteiger partial charge is 0.361 e. The molecule has 0 N–H and O–H groups in total. The quantitative estimate of drug-likeness (QED) is 0.544. The maximum atomic E-state index is 12.4. The molecule has 12 heavy (non-hydrogen) atoms. The van der Waals surface area contributed by atoms with Gasteiger partial charge >= 0.3 is 5.80 Å². The van der Waals surface area contributed by atoms with Crippen LogP contribution in [-0.2, 0) is 0 Å². The molecule has 0 atom stereocenters. The van der Waals surface area contributed by atoms with Gasteiger partial charge in [-0.2, -0.15) is 26.7 Å². The zero-order valence-corrected chi connectivity index (χ0v) is 10.1. The van der Waals surface area contributed by atoms with Crippen LogP contribution in [0.15, 0.2) is 0 Å². The van der Waals surface area contributed by atoms with Crippen molar-refractivity contribution in [1.82, 2.24) is 0 Å². The maximum Gasteiger partial charge on any atom is 0.361 e. The SMILES string of the molecule is CC(C)(C)[Si](C)(C)C(F)(F)F.S. The predicted molar refractivity (Wildman–Crippen MR) is 53.6 cm³/mol. The predicted octanol–water partition coefficient (Wildman–Crippen LogP) is 3.71. The van der Waals surface area contributed by atoms with Gasteiger partial charge in [0.25, 0.3) is 0 Å². The van der Waals surface area contributed by atoms with Crippen LogP contribution in [0.1, 0.15) is 20.8 Å². The molecule has 0 aliphatic heterocycles. The molecular formula is C7H17F3SSi. The van der Waals surface area contributed by atoms with Gasteiger partial charge in [0.1, 0.15) is 0 Å². The second-order valence-corrected chi connectivity index (χ2v) is 9.69. The molecule has 0 heterocycles. The lowest BCUT2D eigenvalue weighted by molar-refractivity contribution is -0.0590. The summed E-state index contributed by atoms with van der Waals surface area (Å²) in [5.41, 5.74) is 0. The van der Waals surface area contributed by atoms with Crippen LogP contribution in [0, 0.1) is 0 Å². The fourth-order valence-corrected chi connectivity index (χ4v) is 1.28. The van der Waals surface area contributed by atoms with Crippen LogP contribution in [0.4, 0.5) is 13.2 Å². The van der Waals surface area contributed by atoms with E-state index in [4.69, 9.17) is 0 Å². The van der Waals surface area contributed by atoms with Gasteiger partial charge in [0.2, 0.25) is 0 Å². The minimum absolute atomic E-state index is 0. The van der Waals surface area contributed by atoms with E-state index in [2.05, 4.69) is 0 Å². The van der Waals surface area contributed by atoms with Gasteiger partial charge in [-0.05, 0) is 5.04 Å². The molecule has 0 fully saturated rings. The first-order chi connectivity index (χ1) is 4.50. The molecule has 0 aromatic carbocycles. The Kier molecular flexibility index (Phi) is 4.48. The van der Waals surface area contributed by atoms with Crippen molar-refractivity contribution in [1.29, 1.82) is 0 Å². The molecule has 0 saturated heterocycles. The van der Waals surface area contributed by atoms with Gasteiger partial charge in [0, 0.05) is 0 Å². The van der Waals surface area contributed by atoms with E-state index in [1.54, 1.807) is 20.8 Å². The van der Waals surface area contributed by atoms with Gasteiger partial charge in [0.05, 0.1) is 0 Å². The Bertz CT molecular complexity index is 130. The summed E-state index contributed by atoms with van der Waals surface area (Å²) < 4.78 is 37.2. The van der Waals surface area contributed by atoms with Crippen molar-refractivity contribution >= 4 is 21.6 Å². The lowest BCUT2D eigenvalue weighted by Crippen LogP contribution is -2.51. The Morgan fingerprint density at radius 1 is 0.917 bits per heavy atom. The van der Waals surface area contributed by atoms with Gasteiger partial charge in [-0.15, -0.1) is 0 Å². The molecule has 0 bridgehead atoms. The summed E-state index contributed by atoms with van der Waals surface area (Å²) in [6.07, 6.45) is 0. The molecule has 0 amide bonds. The Morgan fingerprint density at radius 2 is 1.17 bits per heavy atom. The molecule has 0 radical (unpaired) electrons. The maximum absolute atomic E-state index is 12.4. The smallest absolute Gasteiger partial charge is 0.197 e. The summed E-state index contributed by atoms with van der Waals surface area (Å²) in [5.74, 6) is -3.98. The highest BCUT2D eigenvalue weighted by molar-refractivity contribution is 7.59. The first-order valence-corrected chi connectivity index (χ1v) is 6.57. The van der Waals surface area contributed by atoms with Gasteiger partial charge in [-0.3, -0.25) is 0 Å². The summed E-state index contributed by atoms with van der Waals surface area (Å²) >= 11 is 0. The second kappa shape index (κ2) is 3.62. The van der Waals surface area contributed by atoms with E-state index >= 15 is 0 Å². The third-order valence-corrected chi connectivity index (χ3v) is 7.75. The first kappa shape index (κ1) is 14.9.